The second-order valence-corrected chi connectivity index (χ2v) is 9.55. The normalized spacial score (nSPS) is 20.4. The van der Waals surface area contributed by atoms with Crippen molar-refractivity contribution in [2.24, 2.45) is 0 Å². The van der Waals surface area contributed by atoms with Crippen LogP contribution in [0.15, 0.2) is 42.6 Å². The van der Waals surface area contributed by atoms with E-state index in [1.165, 1.54) is 7.05 Å². The summed E-state index contributed by atoms with van der Waals surface area (Å²) >= 11 is 6.00. The van der Waals surface area contributed by atoms with E-state index >= 15 is 0 Å². The highest BCUT2D eigenvalue weighted by Crippen LogP contribution is 2.36. The van der Waals surface area contributed by atoms with E-state index in [0.29, 0.717) is 18.7 Å². The molecule has 0 N–H and O–H groups in total. The summed E-state index contributed by atoms with van der Waals surface area (Å²) in [6.45, 7) is -0.0674. The van der Waals surface area contributed by atoms with Crippen molar-refractivity contribution in [2.75, 3.05) is 31.9 Å². The Morgan fingerprint density at radius 2 is 1.94 bits per heavy atom. The van der Waals surface area contributed by atoms with Gasteiger partial charge in [-0.3, -0.25) is 9.85 Å². The third-order valence-electron chi connectivity index (χ3n) is 4.96. The maximum absolute atomic E-state index is 12.9. The molecule has 7 nitrogen and oxygen atoms in total. The molecule has 0 spiro atoms. The molecular formula is C19H22ClF3N4O3S. The molecule has 3 rings (SSSR count). The van der Waals surface area contributed by atoms with Crippen molar-refractivity contribution < 1.29 is 26.4 Å². The third-order valence-corrected chi connectivity index (χ3v) is 6.40. The minimum atomic E-state index is -4.61. The maximum Gasteiger partial charge on any atom is 0.417 e. The number of anilines is 1. The molecule has 0 unspecified atom stereocenters. The monoisotopic (exact) mass is 478 g/mol. The van der Waals surface area contributed by atoms with Gasteiger partial charge in [0.2, 0.25) is 10.0 Å². The molecular weight excluding hydrogens is 457 g/mol. The Morgan fingerprint density at radius 3 is 2.48 bits per heavy atom. The molecule has 31 heavy (non-hydrogen) atoms. The van der Waals surface area contributed by atoms with Gasteiger partial charge in [0.15, 0.2) is 5.82 Å². The van der Waals surface area contributed by atoms with Crippen LogP contribution in [-0.4, -0.2) is 55.9 Å². The van der Waals surface area contributed by atoms with Gasteiger partial charge < -0.3 is 0 Å². The number of nitrogens with zero attached hydrogens (tertiary/aromatic N) is 4. The van der Waals surface area contributed by atoms with E-state index in [1.807, 2.05) is 30.3 Å². The van der Waals surface area contributed by atoms with E-state index < -0.39 is 27.9 Å². The van der Waals surface area contributed by atoms with Gasteiger partial charge in [0.05, 0.1) is 35.5 Å². The summed E-state index contributed by atoms with van der Waals surface area (Å²) in [5.41, 5.74) is 0.00576. The minimum Gasteiger partial charge on any atom is -0.294 e. The lowest BCUT2D eigenvalue weighted by Crippen LogP contribution is -2.48. The second kappa shape index (κ2) is 8.91. The van der Waals surface area contributed by atoms with Gasteiger partial charge in [-0.1, -0.05) is 41.9 Å². The molecule has 1 aliphatic rings. The zero-order chi connectivity index (χ0) is 23.0. The molecule has 2 aromatic rings. The third kappa shape index (κ3) is 5.47. The zero-order valence-electron chi connectivity index (χ0n) is 17.0. The number of alkyl halides is 3. The molecule has 2 heterocycles. The van der Waals surface area contributed by atoms with Crippen LogP contribution in [0.4, 0.5) is 19.0 Å². The molecule has 1 saturated heterocycles. The molecule has 0 radical (unpaired) electrons. The Morgan fingerprint density at radius 1 is 1.29 bits per heavy atom. The number of hydrazine groups is 1. The van der Waals surface area contributed by atoms with Crippen molar-refractivity contribution in [3.8, 4) is 0 Å². The second-order valence-electron chi connectivity index (χ2n) is 7.25. The zero-order valence-corrected chi connectivity index (χ0v) is 18.6. The van der Waals surface area contributed by atoms with Gasteiger partial charge in [-0.25, -0.2) is 13.4 Å². The molecule has 2 atom stereocenters. The first-order valence-corrected chi connectivity index (χ1v) is 11.5. The van der Waals surface area contributed by atoms with Gasteiger partial charge in [0.1, 0.15) is 0 Å². The Balaban J connectivity index is 1.82. The van der Waals surface area contributed by atoms with Crippen molar-refractivity contribution in [1.82, 2.24) is 14.5 Å². The first kappa shape index (κ1) is 23.7. The molecule has 1 aliphatic heterocycles. The van der Waals surface area contributed by atoms with Crippen LogP contribution in [0.3, 0.4) is 0 Å². The van der Waals surface area contributed by atoms with Gasteiger partial charge in [0.25, 0.3) is 0 Å². The lowest BCUT2D eigenvalue weighted by atomic mass is 10.0. The first-order valence-electron chi connectivity index (χ1n) is 9.26. The highest BCUT2D eigenvalue weighted by molar-refractivity contribution is 7.88. The molecule has 170 valence electrons. The van der Waals surface area contributed by atoms with Crippen molar-refractivity contribution in [3.63, 3.8) is 0 Å². The Kier molecular flexibility index (Phi) is 6.82. The fourth-order valence-electron chi connectivity index (χ4n) is 3.46. The fraction of sp³-hybridized carbons (Fsp3) is 0.421. The van der Waals surface area contributed by atoms with Crippen LogP contribution >= 0.6 is 11.6 Å². The number of halogens is 4. The lowest BCUT2D eigenvalue weighted by Gasteiger charge is -2.32. The van der Waals surface area contributed by atoms with Crippen molar-refractivity contribution in [3.05, 3.63) is 58.7 Å². The van der Waals surface area contributed by atoms with Gasteiger partial charge in [-0.05, 0) is 18.1 Å². The Bertz CT molecular complexity index is 1020. The number of hydrogen-bond donors (Lipinski definition) is 0. The smallest absolute Gasteiger partial charge is 0.294 e. The lowest BCUT2D eigenvalue weighted by molar-refractivity contribution is -0.146. The molecule has 1 aromatic heterocycles. The van der Waals surface area contributed by atoms with E-state index in [1.54, 1.807) is 12.1 Å². The molecule has 1 fully saturated rings. The SMILES string of the molecule is CN1O[C@@H](CN(N(C)c2ncc(C(F)(F)F)cc2Cl)S(C)(=O)=O)C[C@H]1c1ccccc1. The highest BCUT2D eigenvalue weighted by atomic mass is 35.5. The predicted molar refractivity (Wildman–Crippen MR) is 111 cm³/mol. The number of aromatic nitrogens is 1. The molecule has 1 aromatic carbocycles. The van der Waals surface area contributed by atoms with Crippen molar-refractivity contribution >= 4 is 27.4 Å². The highest BCUT2D eigenvalue weighted by Gasteiger charge is 2.37. The van der Waals surface area contributed by atoms with Crippen molar-refractivity contribution in [2.45, 2.75) is 24.7 Å². The van der Waals surface area contributed by atoms with E-state index in [0.717, 1.165) is 21.2 Å². The van der Waals surface area contributed by atoms with Gasteiger partial charge >= 0.3 is 6.18 Å². The number of pyridine rings is 1. The minimum absolute atomic E-state index is 0.0642. The quantitative estimate of drug-likeness (QED) is 0.589. The summed E-state index contributed by atoms with van der Waals surface area (Å²) in [5.74, 6) is -0.119. The average molecular weight is 479 g/mol. The molecule has 0 bridgehead atoms. The van der Waals surface area contributed by atoms with Crippen LogP contribution in [-0.2, 0) is 21.0 Å². The summed E-state index contributed by atoms with van der Waals surface area (Å²) in [5, 5.41) is 2.47. The van der Waals surface area contributed by atoms with E-state index in [-0.39, 0.29) is 23.4 Å². The van der Waals surface area contributed by atoms with Crippen LogP contribution in [0.2, 0.25) is 5.02 Å². The maximum atomic E-state index is 12.9. The van der Waals surface area contributed by atoms with E-state index in [2.05, 4.69) is 4.98 Å². The Labute approximate surface area is 183 Å². The van der Waals surface area contributed by atoms with E-state index in [9.17, 15) is 21.6 Å². The average Bonchev–Trinajstić information content (AvgIpc) is 3.05. The van der Waals surface area contributed by atoms with Crippen LogP contribution < -0.4 is 5.01 Å². The fourth-order valence-corrected chi connectivity index (χ4v) is 4.71. The van der Waals surface area contributed by atoms with Crippen molar-refractivity contribution in [1.29, 1.82) is 0 Å². The summed E-state index contributed by atoms with van der Waals surface area (Å²) in [7, 11) is -0.680. The van der Waals surface area contributed by atoms with Crippen LogP contribution in [0, 0.1) is 0 Å². The van der Waals surface area contributed by atoms with Gasteiger partial charge in [0, 0.05) is 20.3 Å². The predicted octanol–water partition coefficient (Wildman–Crippen LogP) is 3.74. The number of benzene rings is 1. The standard InChI is InChI=1S/C19H22ClF3N4O3S/c1-25(18-16(20)9-14(11-24-18)19(21,22)23)27(31(3,28)29)12-15-10-17(26(2)30-15)13-7-5-4-6-8-13/h4-9,11,15,17H,10,12H2,1-3H3/t15-,17+/m1/s1. The molecule has 0 amide bonds. The summed E-state index contributed by atoms with van der Waals surface area (Å²) in [4.78, 5) is 9.58. The number of rotatable bonds is 6. The first-order chi connectivity index (χ1) is 14.4. The Hall–Kier alpha value is -1.92. The van der Waals surface area contributed by atoms with Crippen LogP contribution in [0.5, 0.6) is 0 Å². The van der Waals surface area contributed by atoms with Crippen LogP contribution in [0.1, 0.15) is 23.6 Å². The molecule has 0 saturated carbocycles. The van der Waals surface area contributed by atoms with Crippen LogP contribution in [0.25, 0.3) is 0 Å². The van der Waals surface area contributed by atoms with E-state index in [4.69, 9.17) is 16.4 Å². The summed E-state index contributed by atoms with van der Waals surface area (Å²) in [6.07, 6.45) is -2.97. The summed E-state index contributed by atoms with van der Waals surface area (Å²) in [6, 6.07) is 10.3. The molecule has 0 aliphatic carbocycles. The topological polar surface area (TPSA) is 66.0 Å². The number of hydrogen-bond acceptors (Lipinski definition) is 6. The number of hydroxylamine groups is 2. The van der Waals surface area contributed by atoms with Gasteiger partial charge in [-0.2, -0.15) is 18.2 Å². The molecule has 12 heteroatoms. The largest absolute Gasteiger partial charge is 0.417 e. The summed E-state index contributed by atoms with van der Waals surface area (Å²) < 4.78 is 64.6. The van der Waals surface area contributed by atoms with Gasteiger partial charge in [-0.15, -0.1) is 4.41 Å². The number of sulfonamides is 1.